The first-order valence-electron chi connectivity index (χ1n) is 3.45. The molecule has 0 saturated heterocycles. The molecule has 2 N–H and O–H groups in total. The summed E-state index contributed by atoms with van der Waals surface area (Å²) in [5, 5.41) is 0. The Kier molecular flexibility index (Phi) is 2.94. The summed E-state index contributed by atoms with van der Waals surface area (Å²) in [6, 6.07) is -0.817. The highest BCUT2D eigenvalue weighted by atomic mass is 19.4. The van der Waals surface area contributed by atoms with Gasteiger partial charge in [0.05, 0.1) is 6.42 Å². The van der Waals surface area contributed by atoms with Crippen molar-refractivity contribution >= 4 is 0 Å². The van der Waals surface area contributed by atoms with Crippen LogP contribution in [-0.2, 0) is 0 Å². The Hall–Kier alpha value is -0.250. The molecule has 1 atom stereocenters. The van der Waals surface area contributed by atoms with Gasteiger partial charge < -0.3 is 5.73 Å². The first kappa shape index (κ1) is 10.8. The van der Waals surface area contributed by atoms with Crippen LogP contribution >= 0.6 is 0 Å². The molecule has 68 valence electrons. The lowest BCUT2D eigenvalue weighted by molar-refractivity contribution is -0.143. The van der Waals surface area contributed by atoms with E-state index in [2.05, 4.69) is 0 Å². The van der Waals surface area contributed by atoms with Crippen LogP contribution in [0.15, 0.2) is 0 Å². The molecule has 0 aromatic rings. The normalized spacial score (nSPS) is 16.6. The van der Waals surface area contributed by atoms with Gasteiger partial charge in [-0.1, -0.05) is 20.8 Å². The summed E-state index contributed by atoms with van der Waals surface area (Å²) in [6.07, 6.45) is -5.05. The first-order chi connectivity index (χ1) is 4.63. The molecule has 0 aromatic carbocycles. The molecule has 1 unspecified atom stereocenters. The lowest BCUT2D eigenvalue weighted by atomic mass is 9.85. The molecule has 0 spiro atoms. The van der Waals surface area contributed by atoms with E-state index in [1.165, 1.54) is 0 Å². The fraction of sp³-hybridized carbons (Fsp3) is 1.00. The topological polar surface area (TPSA) is 26.0 Å². The first-order valence-corrected chi connectivity index (χ1v) is 3.45. The molecule has 0 heterocycles. The Morgan fingerprint density at radius 1 is 1.18 bits per heavy atom. The van der Waals surface area contributed by atoms with Gasteiger partial charge in [-0.15, -0.1) is 0 Å². The zero-order valence-corrected chi connectivity index (χ0v) is 7.00. The monoisotopic (exact) mass is 169 g/mol. The van der Waals surface area contributed by atoms with Gasteiger partial charge in [0.15, 0.2) is 0 Å². The Morgan fingerprint density at radius 3 is 1.64 bits per heavy atom. The van der Waals surface area contributed by atoms with Crippen molar-refractivity contribution in [1.29, 1.82) is 0 Å². The number of nitrogens with two attached hydrogens (primary N) is 1. The SMILES string of the molecule is CC(C)(C)C(N)CC(F)(F)F. The highest BCUT2D eigenvalue weighted by molar-refractivity contribution is 4.79. The zero-order valence-electron chi connectivity index (χ0n) is 7.00. The molecule has 0 fully saturated rings. The van der Waals surface area contributed by atoms with Crippen LogP contribution in [0.4, 0.5) is 13.2 Å². The van der Waals surface area contributed by atoms with E-state index < -0.39 is 24.1 Å². The quantitative estimate of drug-likeness (QED) is 0.640. The van der Waals surface area contributed by atoms with E-state index in [1.54, 1.807) is 20.8 Å². The summed E-state index contributed by atoms with van der Waals surface area (Å²) < 4.78 is 35.3. The van der Waals surface area contributed by atoms with Crippen LogP contribution in [0, 0.1) is 5.41 Å². The van der Waals surface area contributed by atoms with Gasteiger partial charge in [0.25, 0.3) is 0 Å². The van der Waals surface area contributed by atoms with Gasteiger partial charge in [-0.25, -0.2) is 0 Å². The Morgan fingerprint density at radius 2 is 1.55 bits per heavy atom. The van der Waals surface area contributed by atoms with Gasteiger partial charge >= 0.3 is 6.18 Å². The van der Waals surface area contributed by atoms with Crippen LogP contribution in [0.2, 0.25) is 0 Å². The summed E-state index contributed by atoms with van der Waals surface area (Å²) in [4.78, 5) is 0. The maximum atomic E-state index is 11.8. The minimum Gasteiger partial charge on any atom is -0.327 e. The Labute approximate surface area is 64.8 Å². The number of hydrogen-bond acceptors (Lipinski definition) is 1. The minimum absolute atomic E-state index is 0.477. The molecule has 0 aliphatic rings. The molecule has 0 saturated carbocycles. The summed E-state index contributed by atoms with van der Waals surface area (Å²) in [7, 11) is 0. The van der Waals surface area contributed by atoms with Crippen molar-refractivity contribution in [1.82, 2.24) is 0 Å². The van der Waals surface area contributed by atoms with Crippen molar-refractivity contribution in [2.75, 3.05) is 0 Å². The molecule has 0 aliphatic carbocycles. The van der Waals surface area contributed by atoms with Crippen molar-refractivity contribution in [3.8, 4) is 0 Å². The second-order valence-electron chi connectivity index (χ2n) is 3.79. The number of halogens is 3. The maximum absolute atomic E-state index is 11.8. The fourth-order valence-corrected chi connectivity index (χ4v) is 0.556. The van der Waals surface area contributed by atoms with E-state index in [4.69, 9.17) is 5.73 Å². The maximum Gasteiger partial charge on any atom is 0.390 e. The largest absolute Gasteiger partial charge is 0.390 e. The third-order valence-corrected chi connectivity index (χ3v) is 1.56. The molecule has 1 nitrogen and oxygen atoms in total. The van der Waals surface area contributed by atoms with E-state index in [9.17, 15) is 13.2 Å². The van der Waals surface area contributed by atoms with Crippen molar-refractivity contribution in [2.24, 2.45) is 11.1 Å². The van der Waals surface area contributed by atoms with Crippen molar-refractivity contribution < 1.29 is 13.2 Å². The molecule has 4 heteroatoms. The van der Waals surface area contributed by atoms with Gasteiger partial charge in [0, 0.05) is 6.04 Å². The molecule has 0 radical (unpaired) electrons. The molecule has 0 aromatic heterocycles. The van der Waals surface area contributed by atoms with Crippen LogP contribution in [0.3, 0.4) is 0 Å². The predicted octanol–water partition coefficient (Wildman–Crippen LogP) is 2.31. The van der Waals surface area contributed by atoms with E-state index in [0.29, 0.717) is 0 Å². The summed E-state index contributed by atoms with van der Waals surface area (Å²) in [5.74, 6) is 0. The number of rotatable bonds is 1. The smallest absolute Gasteiger partial charge is 0.327 e. The zero-order chi connectivity index (χ0) is 9.28. The number of hydrogen-bond donors (Lipinski definition) is 1. The van der Waals surface area contributed by atoms with E-state index in [-0.39, 0.29) is 0 Å². The van der Waals surface area contributed by atoms with Crippen LogP contribution in [-0.4, -0.2) is 12.2 Å². The Bertz CT molecular complexity index is 123. The molecular formula is C7H14F3N. The summed E-state index contributed by atoms with van der Waals surface area (Å²) in [6.45, 7) is 5.09. The second-order valence-corrected chi connectivity index (χ2v) is 3.79. The average molecular weight is 169 g/mol. The van der Waals surface area contributed by atoms with Gasteiger partial charge in [0.1, 0.15) is 0 Å². The third-order valence-electron chi connectivity index (χ3n) is 1.56. The van der Waals surface area contributed by atoms with Gasteiger partial charge in [-0.05, 0) is 5.41 Å². The van der Waals surface area contributed by atoms with Crippen molar-refractivity contribution in [3.63, 3.8) is 0 Å². The number of alkyl halides is 3. The van der Waals surface area contributed by atoms with Crippen LogP contribution in [0.1, 0.15) is 27.2 Å². The van der Waals surface area contributed by atoms with E-state index in [0.717, 1.165) is 0 Å². The average Bonchev–Trinajstić information content (AvgIpc) is 1.56. The van der Waals surface area contributed by atoms with E-state index >= 15 is 0 Å². The molecule has 11 heavy (non-hydrogen) atoms. The molecule has 0 amide bonds. The lowest BCUT2D eigenvalue weighted by Crippen LogP contribution is -2.38. The van der Waals surface area contributed by atoms with Crippen molar-refractivity contribution in [3.05, 3.63) is 0 Å². The molecular weight excluding hydrogens is 155 g/mol. The third kappa shape index (κ3) is 5.07. The Balaban J connectivity index is 3.99. The second kappa shape index (κ2) is 3.01. The van der Waals surface area contributed by atoms with Crippen LogP contribution in [0.5, 0.6) is 0 Å². The van der Waals surface area contributed by atoms with E-state index in [1.807, 2.05) is 0 Å². The van der Waals surface area contributed by atoms with Crippen LogP contribution < -0.4 is 5.73 Å². The molecule has 0 bridgehead atoms. The summed E-state index contributed by atoms with van der Waals surface area (Å²) in [5.41, 5.74) is 4.84. The van der Waals surface area contributed by atoms with Crippen LogP contribution in [0.25, 0.3) is 0 Å². The van der Waals surface area contributed by atoms with Gasteiger partial charge in [-0.3, -0.25) is 0 Å². The standard InChI is InChI=1S/C7H14F3N/c1-6(2,3)5(11)4-7(8,9)10/h5H,4,11H2,1-3H3. The minimum atomic E-state index is -4.15. The predicted molar refractivity (Wildman–Crippen MR) is 38.1 cm³/mol. The van der Waals surface area contributed by atoms with Crippen molar-refractivity contribution in [2.45, 2.75) is 39.4 Å². The molecule has 0 aliphatic heterocycles. The highest BCUT2D eigenvalue weighted by Gasteiger charge is 2.35. The van der Waals surface area contributed by atoms with Gasteiger partial charge in [-0.2, -0.15) is 13.2 Å². The lowest BCUT2D eigenvalue weighted by Gasteiger charge is -2.27. The fourth-order valence-electron chi connectivity index (χ4n) is 0.556. The highest BCUT2D eigenvalue weighted by Crippen LogP contribution is 2.28. The van der Waals surface area contributed by atoms with Gasteiger partial charge in [0.2, 0.25) is 0 Å². The summed E-state index contributed by atoms with van der Waals surface area (Å²) >= 11 is 0. The molecule has 0 rings (SSSR count).